The summed E-state index contributed by atoms with van der Waals surface area (Å²) in [5.41, 5.74) is 1.25. The zero-order valence-corrected chi connectivity index (χ0v) is 12.4. The van der Waals surface area contributed by atoms with E-state index in [2.05, 4.69) is 27.8 Å². The van der Waals surface area contributed by atoms with Crippen LogP contribution in [0.1, 0.15) is 12.8 Å². The summed E-state index contributed by atoms with van der Waals surface area (Å²) in [5.74, 6) is 0.681. The maximum Gasteiger partial charge on any atom is 0.0481 e. The van der Waals surface area contributed by atoms with Crippen molar-refractivity contribution in [2.24, 2.45) is 5.92 Å². The number of aromatic nitrogens is 1. The summed E-state index contributed by atoms with van der Waals surface area (Å²) in [4.78, 5) is 2.50. The first-order chi connectivity index (χ1) is 9.76. The highest BCUT2D eigenvalue weighted by atomic mass is 35.5. The predicted octanol–water partition coefficient (Wildman–Crippen LogP) is 3.00. The Hall–Kier alpha value is -1.03. The van der Waals surface area contributed by atoms with Crippen LogP contribution in [-0.2, 0) is 6.54 Å². The molecule has 1 atom stereocenters. The number of fused-ring (bicyclic) bond motifs is 1. The summed E-state index contributed by atoms with van der Waals surface area (Å²) in [6.07, 6.45) is 4.31. The summed E-state index contributed by atoms with van der Waals surface area (Å²) in [6, 6.07) is 8.18. The summed E-state index contributed by atoms with van der Waals surface area (Å²) < 4.78 is 2.30. The van der Waals surface area contributed by atoms with Gasteiger partial charge in [-0.25, -0.2) is 0 Å². The maximum atomic E-state index is 9.00. The fraction of sp³-hybridized carbons (Fsp3) is 0.500. The van der Waals surface area contributed by atoms with Gasteiger partial charge in [0.05, 0.1) is 0 Å². The number of hydrogen-bond donors (Lipinski definition) is 1. The SMILES string of the molecule is OCCC1CCN(CCn2ccc3cc(Cl)ccc32)C1. The van der Waals surface area contributed by atoms with Gasteiger partial charge in [-0.3, -0.25) is 0 Å². The molecule has 0 bridgehead atoms. The molecule has 1 saturated heterocycles. The van der Waals surface area contributed by atoms with Crippen LogP contribution >= 0.6 is 11.6 Å². The Balaban J connectivity index is 1.60. The van der Waals surface area contributed by atoms with Gasteiger partial charge in [-0.1, -0.05) is 11.6 Å². The van der Waals surface area contributed by atoms with Gasteiger partial charge in [0.25, 0.3) is 0 Å². The molecule has 0 saturated carbocycles. The minimum absolute atomic E-state index is 0.321. The van der Waals surface area contributed by atoms with Crippen molar-refractivity contribution in [3.63, 3.8) is 0 Å². The van der Waals surface area contributed by atoms with E-state index in [4.69, 9.17) is 16.7 Å². The first-order valence-corrected chi connectivity index (χ1v) is 7.71. The Kier molecular flexibility index (Phi) is 4.29. The molecule has 0 radical (unpaired) electrons. The van der Waals surface area contributed by atoms with Gasteiger partial charge in [0.1, 0.15) is 0 Å². The molecule has 2 aromatic rings. The van der Waals surface area contributed by atoms with Crippen molar-refractivity contribution >= 4 is 22.5 Å². The fourth-order valence-electron chi connectivity index (χ4n) is 3.15. The maximum absolute atomic E-state index is 9.00. The minimum atomic E-state index is 0.321. The molecule has 0 spiro atoms. The van der Waals surface area contributed by atoms with Crippen molar-refractivity contribution in [1.82, 2.24) is 9.47 Å². The van der Waals surface area contributed by atoms with Crippen LogP contribution < -0.4 is 0 Å². The number of nitrogens with zero attached hydrogens (tertiary/aromatic N) is 2. The van der Waals surface area contributed by atoms with Crippen molar-refractivity contribution in [3.8, 4) is 0 Å². The lowest BCUT2D eigenvalue weighted by atomic mass is 10.1. The first kappa shape index (κ1) is 13.9. The van der Waals surface area contributed by atoms with Crippen LogP contribution in [-0.4, -0.2) is 40.8 Å². The summed E-state index contributed by atoms with van der Waals surface area (Å²) in [7, 11) is 0. The van der Waals surface area contributed by atoms with Crippen LogP contribution in [0, 0.1) is 5.92 Å². The first-order valence-electron chi connectivity index (χ1n) is 7.34. The molecule has 4 heteroatoms. The Morgan fingerprint density at radius 1 is 1.25 bits per heavy atom. The summed E-state index contributed by atoms with van der Waals surface area (Å²) in [6.45, 7) is 4.70. The van der Waals surface area contributed by atoms with Crippen LogP contribution in [0.4, 0.5) is 0 Å². The third-order valence-electron chi connectivity index (χ3n) is 4.30. The second-order valence-electron chi connectivity index (χ2n) is 5.68. The summed E-state index contributed by atoms with van der Waals surface area (Å²) in [5, 5.41) is 11.0. The molecule has 1 aromatic carbocycles. The van der Waals surface area contributed by atoms with Gasteiger partial charge >= 0.3 is 0 Å². The molecule has 3 nitrogen and oxygen atoms in total. The lowest BCUT2D eigenvalue weighted by Crippen LogP contribution is -2.25. The monoisotopic (exact) mass is 292 g/mol. The molecule has 108 valence electrons. The van der Waals surface area contributed by atoms with E-state index in [0.29, 0.717) is 12.5 Å². The van der Waals surface area contributed by atoms with E-state index < -0.39 is 0 Å². The van der Waals surface area contributed by atoms with Crippen LogP contribution in [0.25, 0.3) is 10.9 Å². The van der Waals surface area contributed by atoms with Crippen LogP contribution in [0.15, 0.2) is 30.5 Å². The number of likely N-dealkylation sites (tertiary alicyclic amines) is 1. The molecule has 0 aliphatic carbocycles. The molecule has 3 rings (SSSR count). The summed E-state index contributed by atoms with van der Waals surface area (Å²) >= 11 is 6.02. The lowest BCUT2D eigenvalue weighted by Gasteiger charge is -2.16. The van der Waals surface area contributed by atoms with E-state index >= 15 is 0 Å². The number of hydrogen-bond acceptors (Lipinski definition) is 2. The predicted molar refractivity (Wildman–Crippen MR) is 83.2 cm³/mol. The smallest absolute Gasteiger partial charge is 0.0481 e. The zero-order valence-electron chi connectivity index (χ0n) is 11.6. The van der Waals surface area contributed by atoms with Crippen LogP contribution in [0.5, 0.6) is 0 Å². The van der Waals surface area contributed by atoms with Gasteiger partial charge in [0.2, 0.25) is 0 Å². The zero-order chi connectivity index (χ0) is 13.9. The molecule has 1 unspecified atom stereocenters. The highest BCUT2D eigenvalue weighted by Crippen LogP contribution is 2.22. The highest BCUT2D eigenvalue weighted by molar-refractivity contribution is 6.31. The Bertz CT molecular complexity index is 581. The van der Waals surface area contributed by atoms with E-state index in [1.807, 2.05) is 12.1 Å². The molecule has 1 fully saturated rings. The number of rotatable bonds is 5. The van der Waals surface area contributed by atoms with E-state index in [-0.39, 0.29) is 0 Å². The van der Waals surface area contributed by atoms with Gasteiger partial charge in [0.15, 0.2) is 0 Å². The molecule has 20 heavy (non-hydrogen) atoms. The average molecular weight is 293 g/mol. The molecular weight excluding hydrogens is 272 g/mol. The molecule has 1 aliphatic rings. The van der Waals surface area contributed by atoms with Crippen molar-refractivity contribution in [3.05, 3.63) is 35.5 Å². The molecule has 1 N–H and O–H groups in total. The van der Waals surface area contributed by atoms with Crippen molar-refractivity contribution < 1.29 is 5.11 Å². The molecular formula is C16H21ClN2O. The second kappa shape index (κ2) is 6.17. The fourth-order valence-corrected chi connectivity index (χ4v) is 3.33. The van der Waals surface area contributed by atoms with E-state index in [1.165, 1.54) is 17.3 Å². The Morgan fingerprint density at radius 3 is 3.00 bits per heavy atom. The van der Waals surface area contributed by atoms with Crippen molar-refractivity contribution in [2.75, 3.05) is 26.2 Å². The van der Waals surface area contributed by atoms with Crippen LogP contribution in [0.2, 0.25) is 5.02 Å². The second-order valence-corrected chi connectivity index (χ2v) is 6.12. The van der Waals surface area contributed by atoms with E-state index in [9.17, 15) is 0 Å². The molecule has 2 heterocycles. The Morgan fingerprint density at radius 2 is 2.15 bits per heavy atom. The average Bonchev–Trinajstić information content (AvgIpc) is 3.03. The standard InChI is InChI=1S/C16H21ClN2O/c17-15-1-2-16-14(11-15)4-7-19(16)9-8-18-6-3-13(12-18)5-10-20/h1-2,4,7,11,13,20H,3,5-6,8-10,12H2. The minimum Gasteiger partial charge on any atom is -0.396 e. The Labute approximate surface area is 124 Å². The van der Waals surface area contributed by atoms with Gasteiger partial charge in [-0.15, -0.1) is 0 Å². The highest BCUT2D eigenvalue weighted by Gasteiger charge is 2.21. The third kappa shape index (κ3) is 3.00. The van der Waals surface area contributed by atoms with Gasteiger partial charge in [0, 0.05) is 48.4 Å². The largest absolute Gasteiger partial charge is 0.396 e. The van der Waals surface area contributed by atoms with Crippen molar-refractivity contribution in [1.29, 1.82) is 0 Å². The molecule has 1 aromatic heterocycles. The van der Waals surface area contributed by atoms with E-state index in [1.54, 1.807) is 0 Å². The number of aliphatic hydroxyl groups excluding tert-OH is 1. The van der Waals surface area contributed by atoms with Gasteiger partial charge in [-0.05, 0) is 49.6 Å². The van der Waals surface area contributed by atoms with Crippen LogP contribution in [0.3, 0.4) is 0 Å². The lowest BCUT2D eigenvalue weighted by molar-refractivity contribution is 0.249. The third-order valence-corrected chi connectivity index (χ3v) is 4.53. The topological polar surface area (TPSA) is 28.4 Å². The van der Waals surface area contributed by atoms with E-state index in [0.717, 1.165) is 37.6 Å². The normalized spacial score (nSPS) is 20.0. The number of benzene rings is 1. The quantitative estimate of drug-likeness (QED) is 0.918. The van der Waals surface area contributed by atoms with Gasteiger partial charge < -0.3 is 14.6 Å². The molecule has 1 aliphatic heterocycles. The molecule has 0 amide bonds. The number of aliphatic hydroxyl groups is 1. The number of halogens is 1. The van der Waals surface area contributed by atoms with Gasteiger partial charge in [-0.2, -0.15) is 0 Å². The van der Waals surface area contributed by atoms with Crippen molar-refractivity contribution in [2.45, 2.75) is 19.4 Å².